The van der Waals surface area contributed by atoms with Crippen molar-refractivity contribution in [2.75, 3.05) is 33.3 Å². The third-order valence-electron chi connectivity index (χ3n) is 5.40. The van der Waals surface area contributed by atoms with E-state index in [4.69, 9.17) is 16.3 Å². The number of rotatable bonds is 4. The molecule has 2 heterocycles. The standard InChI is InChI=1S/C23H20ClF2N3O3/c1-32-21-14-20(27-6-2-3-7-27)17(24)13-16(21)23(31)29-10-8-28(9-11-29)22(30)15-4-5-18(25)19(26)12-15/h2-7,12-14H,8-11H2,1H3. The van der Waals surface area contributed by atoms with E-state index < -0.39 is 17.5 Å². The molecule has 1 aliphatic heterocycles. The largest absolute Gasteiger partial charge is 0.496 e. The van der Waals surface area contributed by atoms with Gasteiger partial charge in [-0.15, -0.1) is 0 Å². The zero-order valence-electron chi connectivity index (χ0n) is 17.2. The first-order chi connectivity index (χ1) is 15.4. The second kappa shape index (κ2) is 9.00. The SMILES string of the molecule is COc1cc(-n2cccc2)c(Cl)cc1C(=O)N1CCN(C(=O)c2ccc(F)c(F)c2)CC1. The summed E-state index contributed by atoms with van der Waals surface area (Å²) in [5, 5.41) is 0.400. The van der Waals surface area contributed by atoms with Gasteiger partial charge in [0.05, 0.1) is 23.4 Å². The van der Waals surface area contributed by atoms with Crippen LogP contribution in [0.1, 0.15) is 20.7 Å². The van der Waals surface area contributed by atoms with Crippen LogP contribution in [0.15, 0.2) is 54.9 Å². The van der Waals surface area contributed by atoms with Crippen molar-refractivity contribution in [2.45, 2.75) is 0 Å². The van der Waals surface area contributed by atoms with E-state index in [2.05, 4.69) is 0 Å². The van der Waals surface area contributed by atoms with Crippen LogP contribution in [0.2, 0.25) is 5.02 Å². The molecule has 0 saturated carbocycles. The summed E-state index contributed by atoms with van der Waals surface area (Å²) in [5.41, 5.74) is 1.08. The molecule has 1 aromatic heterocycles. The number of hydrogen-bond donors (Lipinski definition) is 0. The fourth-order valence-corrected chi connectivity index (χ4v) is 3.93. The molecule has 0 radical (unpaired) electrons. The molecular weight excluding hydrogens is 440 g/mol. The van der Waals surface area contributed by atoms with Gasteiger partial charge >= 0.3 is 0 Å². The van der Waals surface area contributed by atoms with Crippen molar-refractivity contribution >= 4 is 23.4 Å². The molecule has 0 aliphatic carbocycles. The number of nitrogens with zero attached hydrogens (tertiary/aromatic N) is 3. The van der Waals surface area contributed by atoms with Gasteiger partial charge < -0.3 is 19.1 Å². The summed E-state index contributed by atoms with van der Waals surface area (Å²) in [7, 11) is 1.48. The fraction of sp³-hybridized carbons (Fsp3) is 0.217. The molecule has 6 nitrogen and oxygen atoms in total. The van der Waals surface area contributed by atoms with E-state index in [0.29, 0.717) is 22.0 Å². The van der Waals surface area contributed by atoms with E-state index in [-0.39, 0.29) is 37.6 Å². The van der Waals surface area contributed by atoms with Crippen LogP contribution in [0.4, 0.5) is 8.78 Å². The number of benzene rings is 2. The van der Waals surface area contributed by atoms with Gasteiger partial charge in [0.2, 0.25) is 0 Å². The molecule has 9 heteroatoms. The number of methoxy groups -OCH3 is 1. The van der Waals surface area contributed by atoms with E-state index in [1.54, 1.807) is 17.0 Å². The summed E-state index contributed by atoms with van der Waals surface area (Å²) < 4.78 is 33.9. The van der Waals surface area contributed by atoms with Crippen molar-refractivity contribution in [2.24, 2.45) is 0 Å². The van der Waals surface area contributed by atoms with Gasteiger partial charge in [0.15, 0.2) is 11.6 Å². The van der Waals surface area contributed by atoms with Crippen LogP contribution in [0.25, 0.3) is 5.69 Å². The first-order valence-electron chi connectivity index (χ1n) is 9.93. The lowest BCUT2D eigenvalue weighted by atomic mass is 10.1. The number of halogens is 3. The zero-order chi connectivity index (χ0) is 22.8. The maximum atomic E-state index is 13.5. The summed E-state index contributed by atoms with van der Waals surface area (Å²) in [6.45, 7) is 1.10. The Morgan fingerprint density at radius 3 is 2.12 bits per heavy atom. The lowest BCUT2D eigenvalue weighted by molar-refractivity contribution is 0.0533. The van der Waals surface area contributed by atoms with Crippen molar-refractivity contribution in [3.8, 4) is 11.4 Å². The Hall–Kier alpha value is -3.39. The predicted molar refractivity (Wildman–Crippen MR) is 115 cm³/mol. The van der Waals surface area contributed by atoms with Gasteiger partial charge in [-0.1, -0.05) is 11.6 Å². The van der Waals surface area contributed by atoms with Crippen LogP contribution >= 0.6 is 11.6 Å². The highest BCUT2D eigenvalue weighted by molar-refractivity contribution is 6.33. The summed E-state index contributed by atoms with van der Waals surface area (Å²) in [5.74, 6) is -2.36. The van der Waals surface area contributed by atoms with Gasteiger partial charge in [0.25, 0.3) is 11.8 Å². The molecule has 32 heavy (non-hydrogen) atoms. The number of amides is 2. The number of ether oxygens (including phenoxy) is 1. The summed E-state index contributed by atoms with van der Waals surface area (Å²) in [4.78, 5) is 28.9. The average molecular weight is 460 g/mol. The maximum Gasteiger partial charge on any atom is 0.257 e. The van der Waals surface area contributed by atoms with Gasteiger partial charge in [-0.2, -0.15) is 0 Å². The average Bonchev–Trinajstić information content (AvgIpc) is 3.34. The molecular formula is C23H20ClF2N3O3. The number of carbonyl (C=O) groups is 2. The number of hydrogen-bond acceptors (Lipinski definition) is 3. The molecule has 3 aromatic rings. The lowest BCUT2D eigenvalue weighted by Crippen LogP contribution is -2.50. The van der Waals surface area contributed by atoms with E-state index in [9.17, 15) is 18.4 Å². The van der Waals surface area contributed by atoms with Gasteiger partial charge in [-0.05, 0) is 36.4 Å². The van der Waals surface area contributed by atoms with Crippen LogP contribution in [-0.2, 0) is 0 Å². The molecule has 166 valence electrons. The first kappa shape index (κ1) is 21.8. The van der Waals surface area contributed by atoms with Gasteiger partial charge in [0, 0.05) is 50.2 Å². The monoisotopic (exact) mass is 459 g/mol. The second-order valence-corrected chi connectivity index (χ2v) is 7.71. The quantitative estimate of drug-likeness (QED) is 0.592. The fourth-order valence-electron chi connectivity index (χ4n) is 3.67. The zero-order valence-corrected chi connectivity index (χ0v) is 18.0. The molecule has 2 aromatic carbocycles. The molecule has 0 spiro atoms. The maximum absolute atomic E-state index is 13.5. The number of carbonyl (C=O) groups excluding carboxylic acids is 2. The smallest absolute Gasteiger partial charge is 0.257 e. The molecule has 0 N–H and O–H groups in total. The van der Waals surface area contributed by atoms with Crippen molar-refractivity contribution < 1.29 is 23.1 Å². The van der Waals surface area contributed by atoms with E-state index in [1.165, 1.54) is 18.1 Å². The molecule has 1 saturated heterocycles. The van der Waals surface area contributed by atoms with Crippen LogP contribution in [0.3, 0.4) is 0 Å². The van der Waals surface area contributed by atoms with Crippen molar-refractivity contribution in [3.05, 3.63) is 82.6 Å². The Kier molecular flexibility index (Phi) is 6.14. The Balaban J connectivity index is 1.48. The molecule has 1 aliphatic rings. The molecule has 4 rings (SSSR count). The third-order valence-corrected chi connectivity index (χ3v) is 5.71. The Labute approximate surface area is 188 Å². The predicted octanol–water partition coefficient (Wildman–Crippen LogP) is 4.02. The first-order valence-corrected chi connectivity index (χ1v) is 10.3. The van der Waals surface area contributed by atoms with Crippen LogP contribution in [-0.4, -0.2) is 59.5 Å². The molecule has 0 bridgehead atoms. The summed E-state index contributed by atoms with van der Waals surface area (Å²) in [6.07, 6.45) is 3.68. The number of piperazine rings is 1. The van der Waals surface area contributed by atoms with E-state index >= 15 is 0 Å². The van der Waals surface area contributed by atoms with Crippen molar-refractivity contribution in [3.63, 3.8) is 0 Å². The normalized spacial score (nSPS) is 13.9. The minimum atomic E-state index is -1.07. The molecule has 0 unspecified atom stereocenters. The summed E-state index contributed by atoms with van der Waals surface area (Å²) >= 11 is 6.43. The van der Waals surface area contributed by atoms with Crippen LogP contribution in [0, 0.1) is 11.6 Å². The van der Waals surface area contributed by atoms with Crippen molar-refractivity contribution in [1.82, 2.24) is 14.4 Å². The van der Waals surface area contributed by atoms with Gasteiger partial charge in [-0.3, -0.25) is 9.59 Å². The van der Waals surface area contributed by atoms with E-state index in [1.807, 2.05) is 29.1 Å². The molecule has 2 amide bonds. The molecule has 0 atom stereocenters. The Morgan fingerprint density at radius 2 is 1.53 bits per heavy atom. The second-order valence-electron chi connectivity index (χ2n) is 7.31. The summed E-state index contributed by atoms with van der Waals surface area (Å²) in [6, 6.07) is 10.1. The number of aromatic nitrogens is 1. The topological polar surface area (TPSA) is 54.8 Å². The van der Waals surface area contributed by atoms with Crippen LogP contribution in [0.5, 0.6) is 5.75 Å². The highest BCUT2D eigenvalue weighted by Crippen LogP contribution is 2.31. The Bertz CT molecular complexity index is 1160. The Morgan fingerprint density at radius 1 is 0.906 bits per heavy atom. The highest BCUT2D eigenvalue weighted by atomic mass is 35.5. The van der Waals surface area contributed by atoms with Crippen LogP contribution < -0.4 is 4.74 Å². The minimum absolute atomic E-state index is 0.0673. The van der Waals surface area contributed by atoms with Crippen molar-refractivity contribution in [1.29, 1.82) is 0 Å². The molecule has 1 fully saturated rings. The lowest BCUT2D eigenvalue weighted by Gasteiger charge is -2.35. The van der Waals surface area contributed by atoms with Gasteiger partial charge in [-0.25, -0.2) is 8.78 Å². The minimum Gasteiger partial charge on any atom is -0.496 e. The van der Waals surface area contributed by atoms with E-state index in [0.717, 1.165) is 12.1 Å². The third kappa shape index (κ3) is 4.18. The highest BCUT2D eigenvalue weighted by Gasteiger charge is 2.28. The van der Waals surface area contributed by atoms with Gasteiger partial charge in [0.1, 0.15) is 5.75 Å².